The normalized spacial score (nSPS) is 15.2. The van der Waals surface area contributed by atoms with E-state index in [1.54, 1.807) is 0 Å². The van der Waals surface area contributed by atoms with Crippen LogP contribution in [0.5, 0.6) is 0 Å². The lowest BCUT2D eigenvalue weighted by Crippen LogP contribution is -2.49. The van der Waals surface area contributed by atoms with Crippen LogP contribution in [-0.2, 0) is 6.54 Å². The van der Waals surface area contributed by atoms with Crippen molar-refractivity contribution >= 4 is 11.7 Å². The Morgan fingerprint density at radius 3 is 2.15 bits per heavy atom. The molecular weight excluding hydrogens is 329 g/mol. The van der Waals surface area contributed by atoms with Crippen molar-refractivity contribution < 1.29 is 9.18 Å². The number of aryl methyl sites for hydroxylation is 3. The summed E-state index contributed by atoms with van der Waals surface area (Å²) in [7, 11) is 0. The summed E-state index contributed by atoms with van der Waals surface area (Å²) < 4.78 is 13.0. The van der Waals surface area contributed by atoms with Crippen molar-refractivity contribution in [2.45, 2.75) is 27.3 Å². The second-order valence-electron chi connectivity index (χ2n) is 7.09. The van der Waals surface area contributed by atoms with Gasteiger partial charge < -0.3 is 10.2 Å². The summed E-state index contributed by atoms with van der Waals surface area (Å²) in [5, 5.41) is 3.07. The van der Waals surface area contributed by atoms with Gasteiger partial charge in [0.1, 0.15) is 5.82 Å². The van der Waals surface area contributed by atoms with Gasteiger partial charge in [0.25, 0.3) is 0 Å². The van der Waals surface area contributed by atoms with Crippen LogP contribution in [0.1, 0.15) is 22.3 Å². The van der Waals surface area contributed by atoms with Crippen molar-refractivity contribution in [1.82, 2.24) is 9.80 Å². The monoisotopic (exact) mass is 355 g/mol. The predicted molar refractivity (Wildman–Crippen MR) is 103 cm³/mol. The third-order valence-corrected chi connectivity index (χ3v) is 4.89. The Balaban J connectivity index is 1.54. The van der Waals surface area contributed by atoms with Crippen molar-refractivity contribution in [3.05, 3.63) is 64.5 Å². The lowest BCUT2D eigenvalue weighted by molar-refractivity contribution is 0.143. The van der Waals surface area contributed by atoms with Crippen LogP contribution in [0.2, 0.25) is 0 Å². The summed E-state index contributed by atoms with van der Waals surface area (Å²) in [6, 6.07) is 10.7. The molecule has 2 aromatic rings. The maximum atomic E-state index is 13.0. The van der Waals surface area contributed by atoms with E-state index < -0.39 is 0 Å². The van der Waals surface area contributed by atoms with Crippen molar-refractivity contribution in [2.24, 2.45) is 0 Å². The van der Waals surface area contributed by atoms with E-state index in [0.717, 1.165) is 42.0 Å². The molecule has 1 fully saturated rings. The van der Waals surface area contributed by atoms with Crippen LogP contribution in [0.3, 0.4) is 0 Å². The molecule has 3 rings (SSSR count). The summed E-state index contributed by atoms with van der Waals surface area (Å²) in [4.78, 5) is 16.8. The van der Waals surface area contributed by atoms with Crippen LogP contribution in [0.15, 0.2) is 36.4 Å². The number of urea groups is 1. The molecule has 0 saturated carbocycles. The zero-order valence-electron chi connectivity index (χ0n) is 15.7. The van der Waals surface area contributed by atoms with Gasteiger partial charge in [-0.05, 0) is 49.6 Å². The summed E-state index contributed by atoms with van der Waals surface area (Å²) in [6.45, 7) is 9.91. The van der Waals surface area contributed by atoms with Crippen LogP contribution in [0, 0.1) is 26.6 Å². The largest absolute Gasteiger partial charge is 0.322 e. The first kappa shape index (κ1) is 18.4. The van der Waals surface area contributed by atoms with Crippen LogP contribution in [0.25, 0.3) is 0 Å². The molecule has 1 aliphatic rings. The Kier molecular flexibility index (Phi) is 5.57. The summed E-state index contributed by atoms with van der Waals surface area (Å²) >= 11 is 0. The highest BCUT2D eigenvalue weighted by atomic mass is 19.1. The number of piperazine rings is 1. The smallest absolute Gasteiger partial charge is 0.321 e. The molecule has 0 radical (unpaired) electrons. The molecule has 0 aliphatic carbocycles. The molecule has 1 aliphatic heterocycles. The van der Waals surface area contributed by atoms with Gasteiger partial charge in [0, 0.05) is 38.4 Å². The fourth-order valence-corrected chi connectivity index (χ4v) is 3.52. The van der Waals surface area contributed by atoms with Gasteiger partial charge in [-0.15, -0.1) is 0 Å². The van der Waals surface area contributed by atoms with Crippen LogP contribution >= 0.6 is 0 Å². The number of carbonyl (C=O) groups is 1. The molecular formula is C21H26FN3O. The van der Waals surface area contributed by atoms with E-state index in [4.69, 9.17) is 0 Å². The van der Waals surface area contributed by atoms with Crippen LogP contribution < -0.4 is 5.32 Å². The molecule has 0 unspecified atom stereocenters. The number of carbonyl (C=O) groups excluding carboxylic acids is 1. The Bertz CT molecular complexity index is 757. The van der Waals surface area contributed by atoms with Gasteiger partial charge in [0.05, 0.1) is 0 Å². The summed E-state index contributed by atoms with van der Waals surface area (Å²) in [5.74, 6) is -0.211. The minimum absolute atomic E-state index is 0.0403. The average Bonchev–Trinajstić information content (AvgIpc) is 2.60. The highest BCUT2D eigenvalue weighted by Gasteiger charge is 2.22. The molecule has 0 spiro atoms. The Hall–Kier alpha value is -2.40. The van der Waals surface area contributed by atoms with Crippen molar-refractivity contribution in [3.8, 4) is 0 Å². The molecule has 2 aromatic carbocycles. The number of halogens is 1. The molecule has 5 heteroatoms. The Labute approximate surface area is 154 Å². The number of amides is 2. The number of hydrogen-bond donors (Lipinski definition) is 1. The first-order valence-electron chi connectivity index (χ1n) is 9.03. The van der Waals surface area contributed by atoms with Crippen LogP contribution in [-0.4, -0.2) is 42.0 Å². The topological polar surface area (TPSA) is 35.6 Å². The van der Waals surface area contributed by atoms with E-state index in [1.807, 2.05) is 30.9 Å². The Morgan fingerprint density at radius 1 is 1.00 bits per heavy atom. The zero-order chi connectivity index (χ0) is 18.7. The van der Waals surface area contributed by atoms with Crippen molar-refractivity contribution in [2.75, 3.05) is 31.5 Å². The van der Waals surface area contributed by atoms with E-state index in [1.165, 1.54) is 17.7 Å². The van der Waals surface area contributed by atoms with Crippen molar-refractivity contribution in [1.29, 1.82) is 0 Å². The Morgan fingerprint density at radius 2 is 1.58 bits per heavy atom. The average molecular weight is 355 g/mol. The second-order valence-corrected chi connectivity index (χ2v) is 7.09. The van der Waals surface area contributed by atoms with Gasteiger partial charge in [0.2, 0.25) is 0 Å². The van der Waals surface area contributed by atoms with Crippen LogP contribution in [0.4, 0.5) is 14.9 Å². The van der Waals surface area contributed by atoms with Gasteiger partial charge >= 0.3 is 6.03 Å². The van der Waals surface area contributed by atoms with E-state index >= 15 is 0 Å². The molecule has 1 N–H and O–H groups in total. The van der Waals surface area contributed by atoms with E-state index in [-0.39, 0.29) is 11.8 Å². The quantitative estimate of drug-likeness (QED) is 0.900. The van der Waals surface area contributed by atoms with E-state index in [9.17, 15) is 9.18 Å². The SMILES string of the molecule is Cc1cc(C)c(NC(=O)N2CCN(Cc3ccc(F)cc3)CC2)c(C)c1. The molecule has 2 amide bonds. The number of hydrogen-bond acceptors (Lipinski definition) is 2. The molecule has 138 valence electrons. The number of benzene rings is 2. The lowest BCUT2D eigenvalue weighted by atomic mass is 10.1. The second kappa shape index (κ2) is 7.87. The standard InChI is InChI=1S/C21H26FN3O/c1-15-12-16(2)20(17(3)13-15)23-21(26)25-10-8-24(9-11-25)14-18-4-6-19(22)7-5-18/h4-7,12-13H,8-11,14H2,1-3H3,(H,23,26). The number of anilines is 1. The molecule has 1 saturated heterocycles. The molecule has 4 nitrogen and oxygen atoms in total. The maximum Gasteiger partial charge on any atom is 0.321 e. The minimum Gasteiger partial charge on any atom is -0.322 e. The minimum atomic E-state index is -0.211. The summed E-state index contributed by atoms with van der Waals surface area (Å²) in [6.07, 6.45) is 0. The molecule has 0 aromatic heterocycles. The first-order chi connectivity index (χ1) is 12.4. The van der Waals surface area contributed by atoms with E-state index in [2.05, 4.69) is 29.3 Å². The fraction of sp³-hybridized carbons (Fsp3) is 0.381. The first-order valence-corrected chi connectivity index (χ1v) is 9.03. The third-order valence-electron chi connectivity index (χ3n) is 4.89. The fourth-order valence-electron chi connectivity index (χ4n) is 3.52. The third kappa shape index (κ3) is 4.41. The van der Waals surface area contributed by atoms with Gasteiger partial charge in [-0.2, -0.15) is 0 Å². The van der Waals surface area contributed by atoms with E-state index in [0.29, 0.717) is 13.1 Å². The number of nitrogens with zero attached hydrogens (tertiary/aromatic N) is 2. The molecule has 1 heterocycles. The van der Waals surface area contributed by atoms with Crippen molar-refractivity contribution in [3.63, 3.8) is 0 Å². The maximum absolute atomic E-state index is 13.0. The molecule has 0 bridgehead atoms. The van der Waals surface area contributed by atoms with Gasteiger partial charge in [0.15, 0.2) is 0 Å². The lowest BCUT2D eigenvalue weighted by Gasteiger charge is -2.35. The molecule has 26 heavy (non-hydrogen) atoms. The number of nitrogens with one attached hydrogen (secondary N) is 1. The van der Waals surface area contributed by atoms with Gasteiger partial charge in [-0.3, -0.25) is 4.90 Å². The highest BCUT2D eigenvalue weighted by molar-refractivity contribution is 5.91. The number of rotatable bonds is 3. The van der Waals surface area contributed by atoms with Gasteiger partial charge in [-0.1, -0.05) is 29.8 Å². The van der Waals surface area contributed by atoms with Gasteiger partial charge in [-0.25, -0.2) is 9.18 Å². The summed E-state index contributed by atoms with van der Waals surface area (Å²) in [5.41, 5.74) is 5.38. The highest BCUT2D eigenvalue weighted by Crippen LogP contribution is 2.22. The predicted octanol–water partition coefficient (Wildman–Crippen LogP) is 4.10. The molecule has 0 atom stereocenters. The zero-order valence-corrected chi connectivity index (χ0v) is 15.7.